The van der Waals surface area contributed by atoms with Crippen LogP contribution in [0.15, 0.2) is 0 Å². The third kappa shape index (κ3) is 5.38. The Hall–Kier alpha value is -1.08. The molecule has 0 aromatic rings. The van der Waals surface area contributed by atoms with Crippen LogP contribution in [0.1, 0.15) is 40.5 Å². The van der Waals surface area contributed by atoms with E-state index in [0.717, 1.165) is 6.42 Å². The van der Waals surface area contributed by atoms with Crippen LogP contribution in [0, 0.1) is 16.7 Å². The highest BCUT2D eigenvalue weighted by Gasteiger charge is 2.27. The van der Waals surface area contributed by atoms with Crippen LogP contribution in [0.3, 0.4) is 0 Å². The Morgan fingerprint density at radius 3 is 2.33 bits per heavy atom. The lowest BCUT2D eigenvalue weighted by atomic mass is 9.87. The van der Waals surface area contributed by atoms with Gasteiger partial charge in [0.25, 0.3) is 0 Å². The molecule has 0 atom stereocenters. The fourth-order valence-corrected chi connectivity index (χ4v) is 1.03. The normalized spacial score (nSPS) is 12.2. The minimum Gasteiger partial charge on any atom is -0.368 e. The van der Waals surface area contributed by atoms with Crippen LogP contribution in [-0.2, 0) is 4.79 Å². The molecule has 0 saturated heterocycles. The van der Waals surface area contributed by atoms with E-state index >= 15 is 0 Å². The molecule has 3 N–H and O–H groups in total. The van der Waals surface area contributed by atoms with E-state index < -0.39 is 5.54 Å². The number of nitrogens with one attached hydrogen (secondary N) is 1. The van der Waals surface area contributed by atoms with Crippen molar-refractivity contribution in [1.82, 2.24) is 5.32 Å². The van der Waals surface area contributed by atoms with Crippen LogP contribution in [0.5, 0.6) is 0 Å². The highest BCUT2D eigenvalue weighted by Crippen LogP contribution is 2.21. The first kappa shape index (κ1) is 13.9. The number of carbonyl (C=O) groups is 1. The van der Waals surface area contributed by atoms with Gasteiger partial charge in [-0.3, -0.25) is 4.79 Å². The Bertz CT molecular complexity index is 263. The molecule has 0 fully saturated rings. The summed E-state index contributed by atoms with van der Waals surface area (Å²) in [6.07, 6.45) is 1.34. The number of nitrogens with two attached hydrogens (primary N) is 1. The average Bonchev–Trinajstić information content (AvgIpc) is 2.12. The van der Waals surface area contributed by atoms with E-state index in [0.29, 0.717) is 13.0 Å². The number of hydrogen-bond acceptors (Lipinski definition) is 3. The molecule has 0 radical (unpaired) electrons. The molecular formula is C11H21N3O. The predicted molar refractivity (Wildman–Crippen MR) is 59.9 cm³/mol. The molecule has 4 heteroatoms. The Labute approximate surface area is 91.8 Å². The van der Waals surface area contributed by atoms with E-state index in [1.54, 1.807) is 13.8 Å². The van der Waals surface area contributed by atoms with Crippen molar-refractivity contribution in [2.45, 2.75) is 46.1 Å². The van der Waals surface area contributed by atoms with Crippen molar-refractivity contribution >= 4 is 5.91 Å². The van der Waals surface area contributed by atoms with Crippen LogP contribution < -0.4 is 11.1 Å². The van der Waals surface area contributed by atoms with Crippen LogP contribution in [0.4, 0.5) is 0 Å². The molecule has 0 unspecified atom stereocenters. The van der Waals surface area contributed by atoms with Crippen LogP contribution in [-0.4, -0.2) is 18.0 Å². The zero-order valence-corrected chi connectivity index (χ0v) is 10.1. The third-order valence-electron chi connectivity index (χ3n) is 2.54. The average molecular weight is 211 g/mol. The van der Waals surface area contributed by atoms with Gasteiger partial charge in [0.05, 0.1) is 11.6 Å². The van der Waals surface area contributed by atoms with Crippen molar-refractivity contribution < 1.29 is 4.79 Å². The number of nitrogens with zero attached hydrogens (tertiary/aromatic N) is 1. The van der Waals surface area contributed by atoms with Gasteiger partial charge in [0.1, 0.15) is 0 Å². The van der Waals surface area contributed by atoms with Gasteiger partial charge in [-0.1, -0.05) is 13.8 Å². The number of primary amides is 1. The van der Waals surface area contributed by atoms with Crippen molar-refractivity contribution in [3.05, 3.63) is 0 Å². The van der Waals surface area contributed by atoms with Gasteiger partial charge in [-0.2, -0.15) is 5.26 Å². The Balaban J connectivity index is 4.15. The summed E-state index contributed by atoms with van der Waals surface area (Å²) in [4.78, 5) is 11.1. The number of amides is 1. The summed E-state index contributed by atoms with van der Waals surface area (Å²) in [6.45, 7) is 8.32. The SMILES string of the molecule is CC(C)(CCC#N)CNC(C)(C)C(N)=O. The lowest BCUT2D eigenvalue weighted by molar-refractivity contribution is -0.123. The molecule has 0 aliphatic rings. The van der Waals surface area contributed by atoms with E-state index in [-0.39, 0.29) is 11.3 Å². The maximum atomic E-state index is 11.1. The number of hydrogen-bond donors (Lipinski definition) is 2. The van der Waals surface area contributed by atoms with Gasteiger partial charge >= 0.3 is 0 Å². The second kappa shape index (κ2) is 5.13. The fourth-order valence-electron chi connectivity index (χ4n) is 1.03. The van der Waals surface area contributed by atoms with Gasteiger partial charge in [-0.25, -0.2) is 0 Å². The highest BCUT2D eigenvalue weighted by atomic mass is 16.1. The molecule has 0 aliphatic heterocycles. The molecule has 0 saturated carbocycles. The monoisotopic (exact) mass is 211 g/mol. The molecule has 86 valence electrons. The molecule has 0 heterocycles. The largest absolute Gasteiger partial charge is 0.368 e. The first-order chi connectivity index (χ1) is 6.71. The maximum absolute atomic E-state index is 11.1. The predicted octanol–water partition coefficient (Wildman–Crippen LogP) is 1.17. The summed E-state index contributed by atoms with van der Waals surface area (Å²) < 4.78 is 0. The van der Waals surface area contributed by atoms with E-state index in [9.17, 15) is 4.79 Å². The number of nitriles is 1. The van der Waals surface area contributed by atoms with Crippen molar-refractivity contribution in [2.24, 2.45) is 11.1 Å². The minimum absolute atomic E-state index is 0.00243. The van der Waals surface area contributed by atoms with Crippen molar-refractivity contribution in [3.8, 4) is 6.07 Å². The summed E-state index contributed by atoms with van der Waals surface area (Å²) in [5, 5.41) is 11.6. The van der Waals surface area contributed by atoms with E-state index in [4.69, 9.17) is 11.0 Å². The highest BCUT2D eigenvalue weighted by molar-refractivity contribution is 5.83. The van der Waals surface area contributed by atoms with Crippen LogP contribution in [0.2, 0.25) is 0 Å². The van der Waals surface area contributed by atoms with Gasteiger partial charge in [0.2, 0.25) is 5.91 Å². The van der Waals surface area contributed by atoms with E-state index in [2.05, 4.69) is 25.2 Å². The summed E-state index contributed by atoms with van der Waals surface area (Å²) in [5.74, 6) is -0.362. The molecule has 0 aliphatic carbocycles. The standard InChI is InChI=1S/C11H21N3O/c1-10(2,6-5-7-12)8-14-11(3,4)9(13)15/h14H,5-6,8H2,1-4H3,(H2,13,15). The quantitative estimate of drug-likeness (QED) is 0.692. The molecule has 0 aromatic heterocycles. The first-order valence-corrected chi connectivity index (χ1v) is 5.13. The summed E-state index contributed by atoms with van der Waals surface area (Å²) >= 11 is 0. The lowest BCUT2D eigenvalue weighted by Crippen LogP contribution is -2.53. The lowest BCUT2D eigenvalue weighted by Gasteiger charge is -2.30. The van der Waals surface area contributed by atoms with Crippen molar-refractivity contribution in [3.63, 3.8) is 0 Å². The number of rotatable bonds is 6. The van der Waals surface area contributed by atoms with Crippen LogP contribution in [0.25, 0.3) is 0 Å². The molecule has 0 rings (SSSR count). The third-order valence-corrected chi connectivity index (χ3v) is 2.54. The summed E-state index contributed by atoms with van der Waals surface area (Å²) in [6, 6.07) is 2.12. The Morgan fingerprint density at radius 1 is 1.40 bits per heavy atom. The second-order valence-corrected chi connectivity index (χ2v) is 5.17. The zero-order chi connectivity index (χ0) is 12.1. The van der Waals surface area contributed by atoms with E-state index in [1.165, 1.54) is 0 Å². The van der Waals surface area contributed by atoms with Crippen molar-refractivity contribution in [2.75, 3.05) is 6.54 Å². The van der Waals surface area contributed by atoms with Gasteiger partial charge in [-0.15, -0.1) is 0 Å². The Morgan fingerprint density at radius 2 is 1.93 bits per heavy atom. The van der Waals surface area contributed by atoms with E-state index in [1.807, 2.05) is 0 Å². The summed E-state index contributed by atoms with van der Waals surface area (Å²) in [5.41, 5.74) is 4.56. The molecule has 4 nitrogen and oxygen atoms in total. The second-order valence-electron chi connectivity index (χ2n) is 5.17. The molecule has 0 bridgehead atoms. The topological polar surface area (TPSA) is 78.9 Å². The smallest absolute Gasteiger partial charge is 0.237 e. The van der Waals surface area contributed by atoms with Crippen molar-refractivity contribution in [1.29, 1.82) is 5.26 Å². The molecule has 0 aromatic carbocycles. The molecule has 0 spiro atoms. The summed E-state index contributed by atoms with van der Waals surface area (Å²) in [7, 11) is 0. The molecular weight excluding hydrogens is 190 g/mol. The molecule has 15 heavy (non-hydrogen) atoms. The zero-order valence-electron chi connectivity index (χ0n) is 10.1. The number of carbonyl (C=O) groups excluding carboxylic acids is 1. The maximum Gasteiger partial charge on any atom is 0.237 e. The van der Waals surface area contributed by atoms with Gasteiger partial charge in [-0.05, 0) is 25.7 Å². The Kier molecular flexibility index (Phi) is 4.76. The van der Waals surface area contributed by atoms with Gasteiger partial charge in [0, 0.05) is 13.0 Å². The first-order valence-electron chi connectivity index (χ1n) is 5.13. The van der Waals surface area contributed by atoms with Gasteiger partial charge < -0.3 is 11.1 Å². The van der Waals surface area contributed by atoms with Crippen LogP contribution >= 0.6 is 0 Å². The minimum atomic E-state index is -0.691. The molecule has 1 amide bonds. The fraction of sp³-hybridized carbons (Fsp3) is 0.818. The van der Waals surface area contributed by atoms with Gasteiger partial charge in [0.15, 0.2) is 0 Å².